The fourth-order valence-electron chi connectivity index (χ4n) is 8.05. The number of likely N-dealkylation sites (tertiary alicyclic amines) is 2. The highest BCUT2D eigenvalue weighted by atomic mass is 32.1. The van der Waals surface area contributed by atoms with E-state index in [2.05, 4.69) is 55.6 Å². The number of aromatic amines is 1. The van der Waals surface area contributed by atoms with E-state index in [0.29, 0.717) is 19.5 Å². The smallest absolute Gasteiger partial charge is 0.246 e. The number of nitrogens with one attached hydrogen (secondary N) is 3. The molecule has 2 fully saturated rings. The molecule has 0 bridgehead atoms. The average Bonchev–Trinajstić information content (AvgIpc) is 4.01. The summed E-state index contributed by atoms with van der Waals surface area (Å²) in [6.07, 6.45) is 7.88. The van der Waals surface area contributed by atoms with Crippen LogP contribution in [-0.4, -0.2) is 92.0 Å². The number of carbonyl (C=O) groups excluding carboxylic acids is 4. The number of carbonyl (C=O) groups is 4. The van der Waals surface area contributed by atoms with Gasteiger partial charge in [0.05, 0.1) is 33.4 Å². The molecule has 0 aliphatic carbocycles. The minimum atomic E-state index is -0.716. The van der Waals surface area contributed by atoms with Gasteiger partial charge in [0.2, 0.25) is 23.6 Å². The standard InChI is InChI=1S/C41H49N7O5S2/c1-22(2)35(44-24(5)50)40(52)47-14-6-8-32(47)30-16-27(17-42-30)29-21-55-37-28(20-54-38(29)37)25-10-12-26(13-11-25)31-18-43-39(45-31)33-9-7-15-48(33)41(53)36(23(3)4)46-34(51)19-49/h10-13,17-18,20-23,32-33,35-36,49H,6-9,14-16,19H2,1-5H3,(H,43,45)(H,44,50)(H,46,51)/t32?,33?,35-,36-/m0/s1. The Labute approximate surface area is 329 Å². The predicted molar refractivity (Wildman–Crippen MR) is 217 cm³/mol. The lowest BCUT2D eigenvalue weighted by Gasteiger charge is -2.31. The summed E-state index contributed by atoms with van der Waals surface area (Å²) in [4.78, 5) is 67.6. The van der Waals surface area contributed by atoms with Gasteiger partial charge in [-0.1, -0.05) is 52.0 Å². The molecule has 2 saturated heterocycles. The predicted octanol–water partition coefficient (Wildman–Crippen LogP) is 6.15. The maximum Gasteiger partial charge on any atom is 0.246 e. The molecule has 3 aromatic heterocycles. The van der Waals surface area contributed by atoms with Crippen molar-refractivity contribution in [3.05, 3.63) is 58.8 Å². The maximum absolute atomic E-state index is 13.6. The number of thiophene rings is 2. The molecule has 55 heavy (non-hydrogen) atoms. The zero-order valence-corrected chi connectivity index (χ0v) is 33.6. The number of aliphatic hydroxyl groups is 1. The second kappa shape index (κ2) is 16.2. The van der Waals surface area contributed by atoms with Gasteiger partial charge in [-0.05, 0) is 54.2 Å². The number of nitrogens with zero attached hydrogens (tertiary/aromatic N) is 4. The second-order valence-electron chi connectivity index (χ2n) is 15.4. The number of allylic oxidation sites excluding steroid dienone is 1. The molecule has 4 amide bonds. The molecule has 2 unspecified atom stereocenters. The van der Waals surface area contributed by atoms with Crippen molar-refractivity contribution in [2.24, 2.45) is 16.8 Å². The molecule has 4 N–H and O–H groups in total. The first kappa shape index (κ1) is 38.6. The first-order valence-electron chi connectivity index (χ1n) is 19.1. The number of rotatable bonds is 12. The van der Waals surface area contributed by atoms with Crippen molar-refractivity contribution in [3.8, 4) is 22.4 Å². The van der Waals surface area contributed by atoms with Gasteiger partial charge < -0.3 is 30.5 Å². The number of aliphatic imine (C=N–C) groups is 1. The van der Waals surface area contributed by atoms with Gasteiger partial charge in [-0.15, -0.1) is 22.7 Å². The molecule has 14 heteroatoms. The number of benzene rings is 1. The van der Waals surface area contributed by atoms with Gasteiger partial charge in [0, 0.05) is 60.2 Å². The molecule has 3 aliphatic rings. The van der Waals surface area contributed by atoms with Crippen LogP contribution in [0.2, 0.25) is 0 Å². The highest BCUT2D eigenvalue weighted by Crippen LogP contribution is 2.44. The second-order valence-corrected chi connectivity index (χ2v) is 17.2. The number of amides is 4. The van der Waals surface area contributed by atoms with Crippen LogP contribution in [0, 0.1) is 11.8 Å². The minimum absolute atomic E-state index is 0.00903. The van der Waals surface area contributed by atoms with E-state index in [-0.39, 0.29) is 41.6 Å². The largest absolute Gasteiger partial charge is 0.387 e. The normalized spacial score (nSPS) is 19.6. The summed E-state index contributed by atoms with van der Waals surface area (Å²) in [7, 11) is 0. The van der Waals surface area contributed by atoms with Gasteiger partial charge in [0.25, 0.3) is 0 Å². The van der Waals surface area contributed by atoms with Crippen LogP contribution in [0.1, 0.15) is 84.2 Å². The number of hydrogen-bond acceptors (Lipinski definition) is 9. The maximum atomic E-state index is 13.6. The number of aromatic nitrogens is 2. The van der Waals surface area contributed by atoms with E-state index < -0.39 is 24.6 Å². The molecule has 290 valence electrons. The van der Waals surface area contributed by atoms with Crippen LogP contribution >= 0.6 is 22.7 Å². The third-order valence-corrected chi connectivity index (χ3v) is 13.1. The molecular formula is C41H49N7O5S2. The Kier molecular flexibility index (Phi) is 11.4. The van der Waals surface area contributed by atoms with E-state index in [1.807, 2.05) is 45.0 Å². The Morgan fingerprint density at radius 2 is 1.44 bits per heavy atom. The number of fused-ring (bicyclic) bond motifs is 1. The Morgan fingerprint density at radius 3 is 2.07 bits per heavy atom. The van der Waals surface area contributed by atoms with Crippen LogP contribution < -0.4 is 10.6 Å². The van der Waals surface area contributed by atoms with Gasteiger partial charge >= 0.3 is 0 Å². The Balaban J connectivity index is 1.02. The van der Waals surface area contributed by atoms with Crippen molar-refractivity contribution in [2.45, 2.75) is 90.9 Å². The summed E-state index contributed by atoms with van der Waals surface area (Å²) in [5.41, 5.74) is 7.54. The monoisotopic (exact) mass is 783 g/mol. The van der Waals surface area contributed by atoms with Crippen molar-refractivity contribution in [2.75, 3.05) is 19.7 Å². The Hall–Kier alpha value is -4.66. The van der Waals surface area contributed by atoms with Crippen molar-refractivity contribution in [3.63, 3.8) is 0 Å². The van der Waals surface area contributed by atoms with Crippen LogP contribution in [-0.2, 0) is 19.2 Å². The van der Waals surface area contributed by atoms with Crippen molar-refractivity contribution in [1.29, 1.82) is 0 Å². The average molecular weight is 784 g/mol. The lowest BCUT2D eigenvalue weighted by Crippen LogP contribution is -2.53. The van der Waals surface area contributed by atoms with Gasteiger partial charge in [-0.25, -0.2) is 4.98 Å². The zero-order chi connectivity index (χ0) is 39.0. The van der Waals surface area contributed by atoms with E-state index in [1.165, 1.54) is 33.0 Å². The number of hydrogen-bond donors (Lipinski definition) is 4. The molecule has 4 aromatic rings. The molecule has 0 saturated carbocycles. The Bertz CT molecular complexity index is 2150. The van der Waals surface area contributed by atoms with Crippen LogP contribution in [0.3, 0.4) is 0 Å². The molecule has 4 atom stereocenters. The first-order chi connectivity index (χ1) is 26.4. The van der Waals surface area contributed by atoms with E-state index in [9.17, 15) is 24.3 Å². The summed E-state index contributed by atoms with van der Waals surface area (Å²) >= 11 is 3.48. The van der Waals surface area contributed by atoms with Gasteiger partial charge in [-0.2, -0.15) is 0 Å². The third kappa shape index (κ3) is 7.76. The fourth-order valence-corrected chi connectivity index (χ4v) is 10.5. The van der Waals surface area contributed by atoms with Crippen LogP contribution in [0.15, 0.2) is 52.4 Å². The van der Waals surface area contributed by atoms with Crippen molar-refractivity contribution >= 4 is 67.0 Å². The minimum Gasteiger partial charge on any atom is -0.387 e. The molecule has 3 aliphatic heterocycles. The van der Waals surface area contributed by atoms with Crippen LogP contribution in [0.4, 0.5) is 0 Å². The molecule has 0 spiro atoms. The SMILES string of the molecule is CC(=O)N[C@H](C(=O)N1CCCC1C1=NC=C(c2csc3c(-c4ccc(-c5cnc(C6CCCN6C(=O)[C@@H](NC(=O)CO)C(C)C)[nH]5)cc4)csc23)C1)C(C)C. The van der Waals surface area contributed by atoms with E-state index >= 15 is 0 Å². The Morgan fingerprint density at radius 1 is 0.855 bits per heavy atom. The fraction of sp³-hybridized carbons (Fsp3) is 0.463. The number of H-pyrrole nitrogens is 1. The molecule has 7 rings (SSSR count). The van der Waals surface area contributed by atoms with Crippen LogP contribution in [0.25, 0.3) is 37.4 Å². The van der Waals surface area contributed by atoms with Crippen LogP contribution in [0.5, 0.6) is 0 Å². The number of imidazole rings is 1. The summed E-state index contributed by atoms with van der Waals surface area (Å²) < 4.78 is 2.47. The van der Waals surface area contributed by atoms with E-state index in [4.69, 9.17) is 4.99 Å². The lowest BCUT2D eigenvalue weighted by molar-refractivity contribution is -0.139. The molecule has 0 radical (unpaired) electrons. The first-order valence-corrected chi connectivity index (χ1v) is 20.9. The summed E-state index contributed by atoms with van der Waals surface area (Å²) in [5.74, 6) is -0.370. The van der Waals surface area contributed by atoms with E-state index in [1.54, 1.807) is 27.6 Å². The molecule has 1 aromatic carbocycles. The molecular weight excluding hydrogens is 735 g/mol. The molecule has 12 nitrogen and oxygen atoms in total. The van der Waals surface area contributed by atoms with Crippen molar-refractivity contribution in [1.82, 2.24) is 30.4 Å². The third-order valence-electron chi connectivity index (χ3n) is 10.9. The van der Waals surface area contributed by atoms with Gasteiger partial charge in [0.15, 0.2) is 0 Å². The topological polar surface area (TPSA) is 160 Å². The summed E-state index contributed by atoms with van der Waals surface area (Å²) in [6, 6.07) is 6.90. The van der Waals surface area contributed by atoms with Crippen molar-refractivity contribution < 1.29 is 24.3 Å². The zero-order valence-electron chi connectivity index (χ0n) is 31.9. The number of aliphatic hydroxyl groups excluding tert-OH is 1. The lowest BCUT2D eigenvalue weighted by atomic mass is 9.98. The quantitative estimate of drug-likeness (QED) is 0.135. The molecule has 6 heterocycles. The van der Waals surface area contributed by atoms with E-state index in [0.717, 1.165) is 54.0 Å². The highest BCUT2D eigenvalue weighted by Gasteiger charge is 2.39. The summed E-state index contributed by atoms with van der Waals surface area (Å²) in [5, 5.41) is 19.2. The highest BCUT2D eigenvalue weighted by molar-refractivity contribution is 7.27. The summed E-state index contributed by atoms with van der Waals surface area (Å²) in [6.45, 7) is 9.74. The van der Waals surface area contributed by atoms with Gasteiger partial charge in [0.1, 0.15) is 24.5 Å². The van der Waals surface area contributed by atoms with Gasteiger partial charge in [-0.3, -0.25) is 24.2 Å².